The van der Waals surface area contributed by atoms with Crippen LogP contribution in [0.4, 0.5) is 10.1 Å². The molecule has 2 heterocycles. The summed E-state index contributed by atoms with van der Waals surface area (Å²) in [6.07, 6.45) is 0. The van der Waals surface area contributed by atoms with Gasteiger partial charge in [-0.3, -0.25) is 4.79 Å². The highest BCUT2D eigenvalue weighted by Crippen LogP contribution is 2.32. The molecule has 108 valence electrons. The molecule has 1 amide bonds. The lowest BCUT2D eigenvalue weighted by atomic mass is 10.3. The topological polar surface area (TPSA) is 34.0 Å². The predicted molar refractivity (Wildman–Crippen MR) is 84.9 cm³/mol. The van der Waals surface area contributed by atoms with E-state index >= 15 is 0 Å². The SMILES string of the molecule is CCn1c(C(=O)Nc2ccc(F)cc2)cc2sc(Cl)cc21. The first kappa shape index (κ1) is 14.1. The van der Waals surface area contributed by atoms with Crippen molar-refractivity contribution in [3.8, 4) is 0 Å². The number of halogens is 2. The molecule has 0 aliphatic rings. The van der Waals surface area contributed by atoms with E-state index in [0.29, 0.717) is 22.3 Å². The first-order chi connectivity index (χ1) is 10.1. The minimum atomic E-state index is -0.333. The molecule has 0 bridgehead atoms. The number of carbonyl (C=O) groups excluding carboxylic acids is 1. The van der Waals surface area contributed by atoms with Gasteiger partial charge in [-0.2, -0.15) is 0 Å². The summed E-state index contributed by atoms with van der Waals surface area (Å²) in [6, 6.07) is 9.38. The minimum absolute atomic E-state index is 0.219. The van der Waals surface area contributed by atoms with Crippen molar-refractivity contribution < 1.29 is 9.18 Å². The van der Waals surface area contributed by atoms with E-state index in [9.17, 15) is 9.18 Å². The van der Waals surface area contributed by atoms with Gasteiger partial charge in [-0.25, -0.2) is 4.39 Å². The van der Waals surface area contributed by atoms with Crippen LogP contribution >= 0.6 is 22.9 Å². The van der Waals surface area contributed by atoms with Gasteiger partial charge in [-0.15, -0.1) is 11.3 Å². The zero-order chi connectivity index (χ0) is 15.0. The van der Waals surface area contributed by atoms with Crippen molar-refractivity contribution in [2.45, 2.75) is 13.5 Å². The smallest absolute Gasteiger partial charge is 0.272 e. The van der Waals surface area contributed by atoms with E-state index in [1.165, 1.54) is 35.6 Å². The largest absolute Gasteiger partial charge is 0.336 e. The molecular formula is C15H12ClFN2OS. The summed E-state index contributed by atoms with van der Waals surface area (Å²) in [4.78, 5) is 12.4. The Bertz CT molecular complexity index is 807. The number of nitrogens with one attached hydrogen (secondary N) is 1. The van der Waals surface area contributed by atoms with E-state index in [2.05, 4.69) is 5.32 Å². The molecule has 0 radical (unpaired) electrons. The van der Waals surface area contributed by atoms with Gasteiger partial charge in [0, 0.05) is 12.2 Å². The Labute approximate surface area is 130 Å². The lowest BCUT2D eigenvalue weighted by Crippen LogP contribution is -2.16. The molecule has 3 nitrogen and oxygen atoms in total. The average molecular weight is 323 g/mol. The van der Waals surface area contributed by atoms with Crippen LogP contribution < -0.4 is 5.32 Å². The number of benzene rings is 1. The van der Waals surface area contributed by atoms with E-state index in [4.69, 9.17) is 11.6 Å². The quantitative estimate of drug-likeness (QED) is 0.740. The Morgan fingerprint density at radius 2 is 2.05 bits per heavy atom. The van der Waals surface area contributed by atoms with E-state index < -0.39 is 0 Å². The van der Waals surface area contributed by atoms with Gasteiger partial charge >= 0.3 is 0 Å². The number of aryl methyl sites for hydroxylation is 1. The van der Waals surface area contributed by atoms with Gasteiger partial charge in [0.2, 0.25) is 0 Å². The van der Waals surface area contributed by atoms with Crippen LogP contribution in [0, 0.1) is 5.82 Å². The number of hydrogen-bond donors (Lipinski definition) is 1. The number of aromatic nitrogens is 1. The molecule has 1 N–H and O–H groups in total. The molecule has 0 aliphatic carbocycles. The number of amides is 1. The molecule has 21 heavy (non-hydrogen) atoms. The van der Waals surface area contributed by atoms with Crippen molar-refractivity contribution in [2.75, 3.05) is 5.32 Å². The van der Waals surface area contributed by atoms with Gasteiger partial charge in [0.15, 0.2) is 0 Å². The molecular weight excluding hydrogens is 311 g/mol. The van der Waals surface area contributed by atoms with E-state index in [0.717, 1.165) is 10.2 Å². The fourth-order valence-corrected chi connectivity index (χ4v) is 3.45. The molecule has 0 aliphatic heterocycles. The summed E-state index contributed by atoms with van der Waals surface area (Å²) in [7, 11) is 0. The molecule has 0 unspecified atom stereocenters. The molecule has 3 rings (SSSR count). The number of thiophene rings is 1. The second-order valence-corrected chi connectivity index (χ2v) is 6.25. The zero-order valence-electron chi connectivity index (χ0n) is 11.2. The van der Waals surface area contributed by atoms with Crippen molar-refractivity contribution >= 4 is 44.7 Å². The van der Waals surface area contributed by atoms with Crippen molar-refractivity contribution in [3.63, 3.8) is 0 Å². The molecule has 1 aromatic carbocycles. The number of nitrogens with zero attached hydrogens (tertiary/aromatic N) is 1. The molecule has 0 fully saturated rings. The summed E-state index contributed by atoms with van der Waals surface area (Å²) in [5.41, 5.74) is 2.09. The van der Waals surface area contributed by atoms with Crippen molar-refractivity contribution in [3.05, 3.63) is 52.2 Å². The number of carbonyl (C=O) groups is 1. The average Bonchev–Trinajstić information content (AvgIpc) is 2.96. The van der Waals surface area contributed by atoms with Crippen molar-refractivity contribution in [1.29, 1.82) is 0 Å². The van der Waals surface area contributed by atoms with Crippen molar-refractivity contribution in [1.82, 2.24) is 4.57 Å². The summed E-state index contributed by atoms with van der Waals surface area (Å²) < 4.78 is 16.5. The van der Waals surface area contributed by atoms with Gasteiger partial charge in [0.05, 0.1) is 14.6 Å². The van der Waals surface area contributed by atoms with Crippen LogP contribution in [0.2, 0.25) is 4.34 Å². The van der Waals surface area contributed by atoms with Crippen LogP contribution in [-0.2, 0) is 6.54 Å². The summed E-state index contributed by atoms with van der Waals surface area (Å²) >= 11 is 7.44. The maximum Gasteiger partial charge on any atom is 0.272 e. The number of fused-ring (bicyclic) bond motifs is 1. The standard InChI is InChI=1S/C15H12ClFN2OS/c1-2-19-11-8-14(16)21-13(11)7-12(19)15(20)18-10-5-3-9(17)4-6-10/h3-8H,2H2,1H3,(H,18,20). The van der Waals surface area contributed by atoms with Gasteiger partial charge in [-0.05, 0) is 43.3 Å². The number of anilines is 1. The molecule has 0 saturated carbocycles. The van der Waals surface area contributed by atoms with E-state index in [1.807, 2.05) is 23.6 Å². The normalized spacial score (nSPS) is 11.0. The maximum absolute atomic E-state index is 12.9. The first-order valence-corrected chi connectivity index (χ1v) is 7.63. The molecule has 0 atom stereocenters. The Morgan fingerprint density at radius 3 is 2.71 bits per heavy atom. The highest BCUT2D eigenvalue weighted by Gasteiger charge is 2.16. The fourth-order valence-electron chi connectivity index (χ4n) is 2.27. The third kappa shape index (κ3) is 2.66. The van der Waals surface area contributed by atoms with E-state index in [1.54, 1.807) is 0 Å². The van der Waals surface area contributed by atoms with Crippen LogP contribution in [0.3, 0.4) is 0 Å². The third-order valence-corrected chi connectivity index (χ3v) is 4.41. The van der Waals surface area contributed by atoms with Crippen LogP contribution in [-0.4, -0.2) is 10.5 Å². The monoisotopic (exact) mass is 322 g/mol. The maximum atomic E-state index is 12.9. The lowest BCUT2D eigenvalue weighted by Gasteiger charge is -2.08. The van der Waals surface area contributed by atoms with Gasteiger partial charge in [-0.1, -0.05) is 11.6 Å². The van der Waals surface area contributed by atoms with Crippen LogP contribution in [0.15, 0.2) is 36.4 Å². The van der Waals surface area contributed by atoms with Gasteiger partial charge in [0.25, 0.3) is 5.91 Å². The van der Waals surface area contributed by atoms with Gasteiger partial charge < -0.3 is 9.88 Å². The number of hydrogen-bond acceptors (Lipinski definition) is 2. The Morgan fingerprint density at radius 1 is 1.33 bits per heavy atom. The summed E-state index contributed by atoms with van der Waals surface area (Å²) in [5.74, 6) is -0.553. The summed E-state index contributed by atoms with van der Waals surface area (Å²) in [5, 5.41) is 2.77. The highest BCUT2D eigenvalue weighted by molar-refractivity contribution is 7.22. The molecule has 3 aromatic rings. The third-order valence-electron chi connectivity index (χ3n) is 3.21. The Hall–Kier alpha value is -1.85. The minimum Gasteiger partial charge on any atom is -0.336 e. The van der Waals surface area contributed by atoms with E-state index in [-0.39, 0.29) is 11.7 Å². The second kappa shape index (κ2) is 5.50. The van der Waals surface area contributed by atoms with Crippen LogP contribution in [0.25, 0.3) is 10.2 Å². The molecule has 2 aromatic heterocycles. The Kier molecular flexibility index (Phi) is 3.69. The lowest BCUT2D eigenvalue weighted by molar-refractivity contribution is 0.101. The summed E-state index contributed by atoms with van der Waals surface area (Å²) in [6.45, 7) is 2.64. The number of rotatable bonds is 3. The first-order valence-electron chi connectivity index (χ1n) is 6.44. The van der Waals surface area contributed by atoms with Gasteiger partial charge in [0.1, 0.15) is 11.5 Å². The molecule has 6 heteroatoms. The Balaban J connectivity index is 1.93. The molecule has 0 saturated heterocycles. The van der Waals surface area contributed by atoms with Crippen molar-refractivity contribution in [2.24, 2.45) is 0 Å². The van der Waals surface area contributed by atoms with Crippen LogP contribution in [0.5, 0.6) is 0 Å². The highest BCUT2D eigenvalue weighted by atomic mass is 35.5. The predicted octanol–water partition coefficient (Wildman–Crippen LogP) is 4.77. The fraction of sp³-hybridized carbons (Fsp3) is 0.133. The molecule has 0 spiro atoms. The second-order valence-electron chi connectivity index (χ2n) is 4.53. The van der Waals surface area contributed by atoms with Crippen LogP contribution in [0.1, 0.15) is 17.4 Å². The zero-order valence-corrected chi connectivity index (χ0v) is 12.8.